The Bertz CT molecular complexity index is 429. The second-order valence-corrected chi connectivity index (χ2v) is 5.93. The van der Waals surface area contributed by atoms with Crippen molar-refractivity contribution in [3.63, 3.8) is 0 Å². The van der Waals surface area contributed by atoms with Crippen molar-refractivity contribution in [1.82, 2.24) is 0 Å². The third-order valence-electron chi connectivity index (χ3n) is 3.40. The number of methoxy groups -OCH3 is 1. The van der Waals surface area contributed by atoms with Gasteiger partial charge in [-0.3, -0.25) is 4.79 Å². The summed E-state index contributed by atoms with van der Waals surface area (Å²) >= 11 is 1.80. The Morgan fingerprint density at radius 1 is 1.39 bits per heavy atom. The van der Waals surface area contributed by atoms with E-state index in [1.165, 1.54) is 43.1 Å². The van der Waals surface area contributed by atoms with Gasteiger partial charge in [-0.25, -0.2) is 0 Å². The van der Waals surface area contributed by atoms with Crippen LogP contribution >= 0.6 is 11.8 Å². The predicted molar refractivity (Wildman–Crippen MR) is 75.8 cm³/mol. The van der Waals surface area contributed by atoms with E-state index in [0.717, 1.165) is 11.5 Å². The number of esters is 1. The minimum absolute atomic E-state index is 0.0190. The van der Waals surface area contributed by atoms with Crippen LogP contribution in [0.2, 0.25) is 0 Å². The van der Waals surface area contributed by atoms with E-state index in [4.69, 9.17) is 4.74 Å². The van der Waals surface area contributed by atoms with Gasteiger partial charge in [-0.1, -0.05) is 25.1 Å². The molecule has 3 heteroatoms. The molecule has 1 aliphatic carbocycles. The molecule has 98 valence electrons. The van der Waals surface area contributed by atoms with Crippen molar-refractivity contribution in [2.45, 2.75) is 31.9 Å². The molecule has 0 aromatic heterocycles. The Morgan fingerprint density at radius 2 is 2.17 bits per heavy atom. The van der Waals surface area contributed by atoms with Gasteiger partial charge in [0.2, 0.25) is 0 Å². The van der Waals surface area contributed by atoms with Gasteiger partial charge in [0.25, 0.3) is 0 Å². The predicted octanol–water partition coefficient (Wildman–Crippen LogP) is 3.22. The quantitative estimate of drug-likeness (QED) is 0.764. The van der Waals surface area contributed by atoms with Crippen molar-refractivity contribution in [3.8, 4) is 0 Å². The number of ether oxygens (including phenoxy) is 1. The Morgan fingerprint density at radius 3 is 2.94 bits per heavy atom. The van der Waals surface area contributed by atoms with Gasteiger partial charge in [0, 0.05) is 11.5 Å². The minimum atomic E-state index is -0.114. The third-order valence-corrected chi connectivity index (χ3v) is 4.68. The molecule has 0 amide bonds. The molecular weight excluding hydrogens is 244 g/mol. The molecular formula is C15H20O2S. The maximum atomic E-state index is 11.3. The maximum absolute atomic E-state index is 11.3. The minimum Gasteiger partial charge on any atom is -0.469 e. The molecule has 18 heavy (non-hydrogen) atoms. The largest absolute Gasteiger partial charge is 0.469 e. The second kappa shape index (κ2) is 6.28. The molecule has 1 aliphatic rings. The summed E-state index contributed by atoms with van der Waals surface area (Å²) in [5, 5.41) is 0. The van der Waals surface area contributed by atoms with Crippen molar-refractivity contribution >= 4 is 17.7 Å². The molecule has 0 saturated carbocycles. The van der Waals surface area contributed by atoms with Crippen molar-refractivity contribution in [3.05, 3.63) is 34.9 Å². The van der Waals surface area contributed by atoms with Gasteiger partial charge in [0.05, 0.1) is 13.0 Å². The summed E-state index contributed by atoms with van der Waals surface area (Å²) in [6.45, 7) is 1.92. The van der Waals surface area contributed by atoms with Crippen LogP contribution < -0.4 is 0 Å². The normalized spacial score (nSPS) is 15.2. The van der Waals surface area contributed by atoms with Crippen LogP contribution in [0.1, 0.15) is 30.0 Å². The number of fused-ring (bicyclic) bond motifs is 1. The first-order chi connectivity index (χ1) is 8.70. The van der Waals surface area contributed by atoms with Crippen LogP contribution in [0, 0.1) is 5.92 Å². The first-order valence-corrected chi connectivity index (χ1v) is 7.62. The summed E-state index contributed by atoms with van der Waals surface area (Å²) in [6.07, 6.45) is 3.76. The van der Waals surface area contributed by atoms with Crippen LogP contribution in [0.5, 0.6) is 0 Å². The molecule has 0 heterocycles. The summed E-state index contributed by atoms with van der Waals surface area (Å²) in [7, 11) is 1.45. The zero-order valence-corrected chi connectivity index (χ0v) is 11.9. The van der Waals surface area contributed by atoms with E-state index in [1.54, 1.807) is 11.8 Å². The first-order valence-electron chi connectivity index (χ1n) is 6.47. The molecule has 0 spiro atoms. The lowest BCUT2D eigenvalue weighted by Crippen LogP contribution is -2.14. The summed E-state index contributed by atoms with van der Waals surface area (Å²) in [6, 6.07) is 6.82. The van der Waals surface area contributed by atoms with Gasteiger partial charge in [-0.2, -0.15) is 11.8 Å². The topological polar surface area (TPSA) is 26.3 Å². The number of benzene rings is 1. The summed E-state index contributed by atoms with van der Waals surface area (Å²) in [4.78, 5) is 11.3. The number of hydrogen-bond acceptors (Lipinski definition) is 3. The lowest BCUT2D eigenvalue weighted by molar-refractivity contribution is -0.143. The molecule has 0 saturated heterocycles. The summed E-state index contributed by atoms with van der Waals surface area (Å²) in [5.41, 5.74) is 4.42. The van der Waals surface area contributed by atoms with E-state index < -0.39 is 0 Å². The van der Waals surface area contributed by atoms with Crippen molar-refractivity contribution in [2.75, 3.05) is 12.9 Å². The second-order valence-electron chi connectivity index (χ2n) is 4.90. The molecule has 1 aromatic carbocycles. The molecule has 0 fully saturated rings. The van der Waals surface area contributed by atoms with Crippen LogP contribution in [0.3, 0.4) is 0 Å². The number of aryl methyl sites for hydroxylation is 2. The lowest BCUT2D eigenvalue weighted by atomic mass is 10.1. The molecule has 0 bridgehead atoms. The average Bonchev–Trinajstić information content (AvgIpc) is 2.85. The van der Waals surface area contributed by atoms with Crippen LogP contribution in [-0.4, -0.2) is 18.8 Å². The van der Waals surface area contributed by atoms with E-state index in [0.29, 0.717) is 0 Å². The SMILES string of the molecule is COC(=O)C(C)CSCc1ccc2c(c1)CCC2. The third kappa shape index (κ3) is 3.29. The van der Waals surface area contributed by atoms with E-state index >= 15 is 0 Å². The highest BCUT2D eigenvalue weighted by Crippen LogP contribution is 2.25. The molecule has 1 unspecified atom stereocenters. The molecule has 0 N–H and O–H groups in total. The zero-order chi connectivity index (χ0) is 13.0. The standard InChI is InChI=1S/C15H20O2S/c1-11(15(16)17-2)9-18-10-12-6-7-13-4-3-5-14(13)8-12/h6-8,11H,3-5,9-10H2,1-2H3. The molecule has 0 aliphatic heterocycles. The highest BCUT2D eigenvalue weighted by molar-refractivity contribution is 7.98. The first kappa shape index (κ1) is 13.5. The van der Waals surface area contributed by atoms with Gasteiger partial charge in [-0.05, 0) is 36.0 Å². The molecule has 1 atom stereocenters. The van der Waals surface area contributed by atoms with Crippen molar-refractivity contribution in [1.29, 1.82) is 0 Å². The number of rotatable bonds is 5. The van der Waals surface area contributed by atoms with Crippen LogP contribution in [0.15, 0.2) is 18.2 Å². The molecule has 2 nitrogen and oxygen atoms in total. The molecule has 0 radical (unpaired) electrons. The maximum Gasteiger partial charge on any atom is 0.309 e. The average molecular weight is 264 g/mol. The van der Waals surface area contributed by atoms with Crippen LogP contribution in [0.4, 0.5) is 0 Å². The Balaban J connectivity index is 1.82. The lowest BCUT2D eigenvalue weighted by Gasteiger charge is -2.09. The fourth-order valence-corrected chi connectivity index (χ4v) is 3.36. The molecule has 1 aromatic rings. The highest BCUT2D eigenvalue weighted by Gasteiger charge is 2.14. The Labute approximate surface area is 113 Å². The number of thioether (sulfide) groups is 1. The van der Waals surface area contributed by atoms with Gasteiger partial charge >= 0.3 is 5.97 Å². The fraction of sp³-hybridized carbons (Fsp3) is 0.533. The fourth-order valence-electron chi connectivity index (χ4n) is 2.34. The van der Waals surface area contributed by atoms with Crippen LogP contribution in [0.25, 0.3) is 0 Å². The summed E-state index contributed by atoms with van der Waals surface area (Å²) < 4.78 is 4.72. The van der Waals surface area contributed by atoms with E-state index in [1.807, 2.05) is 6.92 Å². The number of carbonyl (C=O) groups is 1. The van der Waals surface area contributed by atoms with Crippen molar-refractivity contribution < 1.29 is 9.53 Å². The van der Waals surface area contributed by atoms with Gasteiger partial charge in [-0.15, -0.1) is 0 Å². The number of carbonyl (C=O) groups excluding carboxylic acids is 1. The van der Waals surface area contributed by atoms with E-state index in [2.05, 4.69) is 18.2 Å². The number of hydrogen-bond donors (Lipinski definition) is 0. The van der Waals surface area contributed by atoms with Crippen molar-refractivity contribution in [2.24, 2.45) is 5.92 Å². The zero-order valence-electron chi connectivity index (χ0n) is 11.1. The van der Waals surface area contributed by atoms with Gasteiger partial charge in [0.15, 0.2) is 0 Å². The van der Waals surface area contributed by atoms with E-state index in [-0.39, 0.29) is 11.9 Å². The monoisotopic (exact) mass is 264 g/mol. The highest BCUT2D eigenvalue weighted by atomic mass is 32.2. The smallest absolute Gasteiger partial charge is 0.309 e. The van der Waals surface area contributed by atoms with Gasteiger partial charge in [0.1, 0.15) is 0 Å². The molecule has 2 rings (SSSR count). The van der Waals surface area contributed by atoms with Gasteiger partial charge < -0.3 is 4.74 Å². The summed E-state index contributed by atoms with van der Waals surface area (Å²) in [5.74, 6) is 1.67. The Kier molecular flexibility index (Phi) is 4.70. The van der Waals surface area contributed by atoms with Crippen LogP contribution in [-0.2, 0) is 28.1 Å². The van der Waals surface area contributed by atoms with E-state index in [9.17, 15) is 4.79 Å². The Hall–Kier alpha value is -0.960.